The molecule has 11 heavy (non-hydrogen) atoms. The molecule has 0 saturated heterocycles. The highest BCUT2D eigenvalue weighted by Gasteiger charge is 2.01. The van der Waals surface area contributed by atoms with E-state index in [0.29, 0.717) is 18.7 Å². The van der Waals surface area contributed by atoms with Crippen LogP contribution < -0.4 is 5.32 Å². The van der Waals surface area contributed by atoms with Crippen LogP contribution in [0.4, 0.5) is 0 Å². The number of esters is 1. The first-order valence-electron chi connectivity index (χ1n) is 3.70. The van der Waals surface area contributed by atoms with E-state index in [-0.39, 0.29) is 5.97 Å². The molecule has 64 valence electrons. The van der Waals surface area contributed by atoms with Gasteiger partial charge in [-0.05, 0) is 20.9 Å². The van der Waals surface area contributed by atoms with Crippen LogP contribution in [0, 0.1) is 0 Å². The maximum absolute atomic E-state index is 10.9. The minimum absolute atomic E-state index is 0.234. The molecule has 0 saturated carbocycles. The van der Waals surface area contributed by atoms with Gasteiger partial charge in [-0.15, -0.1) is 0 Å². The van der Waals surface area contributed by atoms with Gasteiger partial charge in [-0.3, -0.25) is 0 Å². The van der Waals surface area contributed by atoms with Crippen LogP contribution in [-0.2, 0) is 9.53 Å². The van der Waals surface area contributed by atoms with Crippen molar-refractivity contribution in [1.82, 2.24) is 5.32 Å². The van der Waals surface area contributed by atoms with Gasteiger partial charge in [0.05, 0.1) is 6.61 Å². The molecule has 0 radical (unpaired) electrons. The van der Waals surface area contributed by atoms with Crippen LogP contribution in [0.2, 0.25) is 0 Å². The lowest BCUT2D eigenvalue weighted by Crippen LogP contribution is -2.09. The molecule has 0 amide bonds. The zero-order chi connectivity index (χ0) is 8.69. The van der Waals surface area contributed by atoms with E-state index in [9.17, 15) is 4.79 Å². The summed E-state index contributed by atoms with van der Waals surface area (Å²) in [5.74, 6) is -0.234. The van der Waals surface area contributed by atoms with Gasteiger partial charge < -0.3 is 10.1 Å². The second-order valence-corrected chi connectivity index (χ2v) is 2.17. The summed E-state index contributed by atoms with van der Waals surface area (Å²) in [5.41, 5.74) is 0.654. The van der Waals surface area contributed by atoms with Gasteiger partial charge in [-0.25, -0.2) is 4.79 Å². The molecule has 0 unspecified atom stereocenters. The Balaban J connectivity index is 3.80. The molecule has 0 aromatic heterocycles. The molecule has 0 aliphatic rings. The standard InChI is InChI=1S/C8H15NO2/c1-4-11-8(10)7(2)5-6-9-3/h5,9H,4,6H2,1-3H3/b7-5+. The van der Waals surface area contributed by atoms with E-state index < -0.39 is 0 Å². The summed E-state index contributed by atoms with van der Waals surface area (Å²) in [6, 6.07) is 0. The smallest absolute Gasteiger partial charge is 0.333 e. The average molecular weight is 157 g/mol. The lowest BCUT2D eigenvalue weighted by atomic mass is 10.3. The minimum Gasteiger partial charge on any atom is -0.463 e. The second-order valence-electron chi connectivity index (χ2n) is 2.17. The Morgan fingerprint density at radius 2 is 2.27 bits per heavy atom. The van der Waals surface area contributed by atoms with E-state index in [1.807, 2.05) is 7.05 Å². The van der Waals surface area contributed by atoms with Crippen LogP contribution in [0.15, 0.2) is 11.6 Å². The maximum Gasteiger partial charge on any atom is 0.333 e. The topological polar surface area (TPSA) is 38.3 Å². The molecule has 0 aromatic rings. The molecule has 0 aromatic carbocycles. The van der Waals surface area contributed by atoms with E-state index >= 15 is 0 Å². The van der Waals surface area contributed by atoms with Crippen LogP contribution in [0.25, 0.3) is 0 Å². The van der Waals surface area contributed by atoms with Crippen LogP contribution in [0.1, 0.15) is 13.8 Å². The summed E-state index contributed by atoms with van der Waals surface area (Å²) < 4.78 is 4.77. The molecule has 0 fully saturated rings. The first-order valence-corrected chi connectivity index (χ1v) is 3.70. The molecule has 0 bridgehead atoms. The van der Waals surface area contributed by atoms with Crippen LogP contribution in [-0.4, -0.2) is 26.2 Å². The van der Waals surface area contributed by atoms with Crippen molar-refractivity contribution in [2.45, 2.75) is 13.8 Å². The largest absolute Gasteiger partial charge is 0.463 e. The highest BCUT2D eigenvalue weighted by molar-refractivity contribution is 5.87. The summed E-state index contributed by atoms with van der Waals surface area (Å²) in [6.07, 6.45) is 1.80. The zero-order valence-corrected chi connectivity index (χ0v) is 7.31. The van der Waals surface area contributed by atoms with Gasteiger partial charge in [0.25, 0.3) is 0 Å². The molecule has 0 atom stereocenters. The molecule has 0 rings (SSSR count). The average Bonchev–Trinajstić information content (AvgIpc) is 2.00. The molecule has 0 heterocycles. The normalized spacial score (nSPS) is 11.4. The predicted molar refractivity (Wildman–Crippen MR) is 44.3 cm³/mol. The first kappa shape index (κ1) is 10.2. The lowest BCUT2D eigenvalue weighted by molar-refractivity contribution is -0.138. The third kappa shape index (κ3) is 4.56. The zero-order valence-electron chi connectivity index (χ0n) is 7.31. The van der Waals surface area contributed by atoms with E-state index in [1.165, 1.54) is 0 Å². The molecular weight excluding hydrogens is 142 g/mol. The maximum atomic E-state index is 10.9. The Morgan fingerprint density at radius 3 is 2.73 bits per heavy atom. The van der Waals surface area contributed by atoms with Crippen LogP contribution >= 0.6 is 0 Å². The Kier molecular flexibility index (Phi) is 5.47. The fourth-order valence-corrected chi connectivity index (χ4v) is 0.583. The quantitative estimate of drug-likeness (QED) is 0.482. The number of likely N-dealkylation sites (N-methyl/N-ethyl adjacent to an activating group) is 1. The summed E-state index contributed by atoms with van der Waals surface area (Å²) in [5, 5.41) is 2.91. The number of carbonyl (C=O) groups is 1. The number of carbonyl (C=O) groups excluding carboxylic acids is 1. The van der Waals surface area contributed by atoms with Gasteiger partial charge in [-0.1, -0.05) is 6.08 Å². The minimum atomic E-state index is -0.234. The third-order valence-electron chi connectivity index (χ3n) is 1.21. The Labute approximate surface area is 67.4 Å². The number of hydrogen-bond donors (Lipinski definition) is 1. The molecule has 0 aliphatic carbocycles. The molecule has 3 heteroatoms. The summed E-state index contributed by atoms with van der Waals surface area (Å²) in [7, 11) is 1.83. The molecular formula is C8H15NO2. The van der Waals surface area contributed by atoms with E-state index in [0.717, 1.165) is 0 Å². The Bertz CT molecular complexity index is 152. The van der Waals surface area contributed by atoms with E-state index in [2.05, 4.69) is 5.32 Å². The van der Waals surface area contributed by atoms with Crippen molar-refractivity contribution in [2.24, 2.45) is 0 Å². The third-order valence-corrected chi connectivity index (χ3v) is 1.21. The fourth-order valence-electron chi connectivity index (χ4n) is 0.583. The Morgan fingerprint density at radius 1 is 1.64 bits per heavy atom. The molecule has 3 nitrogen and oxygen atoms in total. The monoisotopic (exact) mass is 157 g/mol. The number of rotatable bonds is 4. The van der Waals surface area contributed by atoms with Gasteiger partial charge in [0, 0.05) is 12.1 Å². The molecule has 0 spiro atoms. The van der Waals surface area contributed by atoms with Gasteiger partial charge in [-0.2, -0.15) is 0 Å². The SMILES string of the molecule is CCOC(=O)/C(C)=C/CNC. The van der Waals surface area contributed by atoms with Crippen molar-refractivity contribution in [3.05, 3.63) is 11.6 Å². The van der Waals surface area contributed by atoms with Crippen molar-refractivity contribution in [3.63, 3.8) is 0 Å². The first-order chi connectivity index (χ1) is 5.22. The van der Waals surface area contributed by atoms with E-state index in [1.54, 1.807) is 19.9 Å². The van der Waals surface area contributed by atoms with Crippen molar-refractivity contribution in [2.75, 3.05) is 20.2 Å². The predicted octanol–water partition coefficient (Wildman–Crippen LogP) is 0.715. The lowest BCUT2D eigenvalue weighted by Gasteiger charge is -2.00. The number of hydrogen-bond acceptors (Lipinski definition) is 3. The van der Waals surface area contributed by atoms with Gasteiger partial charge in [0.1, 0.15) is 0 Å². The highest BCUT2D eigenvalue weighted by atomic mass is 16.5. The number of nitrogens with one attached hydrogen (secondary N) is 1. The fraction of sp³-hybridized carbons (Fsp3) is 0.625. The van der Waals surface area contributed by atoms with E-state index in [4.69, 9.17) is 4.74 Å². The van der Waals surface area contributed by atoms with Crippen molar-refractivity contribution >= 4 is 5.97 Å². The van der Waals surface area contributed by atoms with Gasteiger partial charge >= 0.3 is 5.97 Å². The van der Waals surface area contributed by atoms with Crippen molar-refractivity contribution in [1.29, 1.82) is 0 Å². The van der Waals surface area contributed by atoms with Crippen molar-refractivity contribution in [3.8, 4) is 0 Å². The van der Waals surface area contributed by atoms with Crippen LogP contribution in [0.5, 0.6) is 0 Å². The van der Waals surface area contributed by atoms with Gasteiger partial charge in [0.15, 0.2) is 0 Å². The van der Waals surface area contributed by atoms with Gasteiger partial charge in [0.2, 0.25) is 0 Å². The summed E-state index contributed by atoms with van der Waals surface area (Å²) >= 11 is 0. The van der Waals surface area contributed by atoms with Crippen LogP contribution in [0.3, 0.4) is 0 Å². The second kappa shape index (κ2) is 5.92. The molecule has 0 aliphatic heterocycles. The highest BCUT2D eigenvalue weighted by Crippen LogP contribution is 1.94. The summed E-state index contributed by atoms with van der Waals surface area (Å²) in [6.45, 7) is 4.67. The Hall–Kier alpha value is -0.830. The number of ether oxygens (including phenoxy) is 1. The molecule has 1 N–H and O–H groups in total. The van der Waals surface area contributed by atoms with Crippen molar-refractivity contribution < 1.29 is 9.53 Å². The summed E-state index contributed by atoms with van der Waals surface area (Å²) in [4.78, 5) is 10.9.